The lowest BCUT2D eigenvalue weighted by atomic mass is 10.1. The maximum atomic E-state index is 11.1. The van der Waals surface area contributed by atoms with Crippen LogP contribution in [0.1, 0.15) is 22.9 Å². The molecule has 3 rings (SSSR count). The first kappa shape index (κ1) is 12.6. The predicted octanol–water partition coefficient (Wildman–Crippen LogP) is 3.76. The fraction of sp³-hybridized carbons (Fsp3) is 0.231. The van der Waals surface area contributed by atoms with Crippen LogP contribution in [-0.4, -0.2) is 16.1 Å². The highest BCUT2D eigenvalue weighted by Crippen LogP contribution is 2.39. The predicted molar refractivity (Wildman–Crippen MR) is 78.2 cm³/mol. The minimum Gasteiger partial charge on any atom is -0.481 e. The number of nitrogens with one attached hydrogen (secondary N) is 1. The first-order valence-electron chi connectivity index (χ1n) is 5.89. The van der Waals surface area contributed by atoms with Gasteiger partial charge in [-0.25, -0.2) is 4.98 Å². The van der Waals surface area contributed by atoms with Crippen LogP contribution in [0.3, 0.4) is 0 Å². The number of carbonyl (C=O) groups is 1. The van der Waals surface area contributed by atoms with E-state index in [2.05, 4.69) is 26.2 Å². The van der Waals surface area contributed by atoms with E-state index in [4.69, 9.17) is 5.11 Å². The Balaban J connectivity index is 1.87. The zero-order valence-corrected chi connectivity index (χ0v) is 12.3. The van der Waals surface area contributed by atoms with Crippen molar-refractivity contribution >= 4 is 44.1 Å². The van der Waals surface area contributed by atoms with Crippen molar-refractivity contribution in [3.8, 4) is 0 Å². The molecular weight excluding hydrogens is 328 g/mol. The van der Waals surface area contributed by atoms with Gasteiger partial charge in [-0.1, -0.05) is 12.1 Å². The number of benzene rings is 1. The molecule has 1 aliphatic carbocycles. The molecule has 1 atom stereocenters. The molecule has 0 saturated heterocycles. The number of carboxylic acid groups (broad SMARTS) is 1. The molecule has 1 aliphatic rings. The van der Waals surface area contributed by atoms with Crippen molar-refractivity contribution in [1.29, 1.82) is 0 Å². The summed E-state index contributed by atoms with van der Waals surface area (Å²) in [4.78, 5) is 16.6. The van der Waals surface area contributed by atoms with Crippen molar-refractivity contribution in [2.24, 2.45) is 0 Å². The van der Waals surface area contributed by atoms with Gasteiger partial charge in [0, 0.05) is 9.35 Å². The molecule has 19 heavy (non-hydrogen) atoms. The summed E-state index contributed by atoms with van der Waals surface area (Å²) in [5.41, 5.74) is 1.66. The van der Waals surface area contributed by atoms with Gasteiger partial charge in [0.1, 0.15) is 5.92 Å². The molecule has 0 fully saturated rings. The van der Waals surface area contributed by atoms with E-state index in [-0.39, 0.29) is 0 Å². The molecule has 0 saturated carbocycles. The van der Waals surface area contributed by atoms with Gasteiger partial charge < -0.3 is 10.4 Å². The Morgan fingerprint density at radius 1 is 1.47 bits per heavy atom. The van der Waals surface area contributed by atoms with E-state index < -0.39 is 11.9 Å². The monoisotopic (exact) mass is 338 g/mol. The number of thiazole rings is 1. The van der Waals surface area contributed by atoms with E-state index in [1.807, 2.05) is 24.3 Å². The summed E-state index contributed by atoms with van der Waals surface area (Å²) in [5.74, 6) is -1.22. The number of fused-ring (bicyclic) bond motifs is 1. The van der Waals surface area contributed by atoms with Crippen LogP contribution in [-0.2, 0) is 11.2 Å². The van der Waals surface area contributed by atoms with Crippen molar-refractivity contribution < 1.29 is 9.90 Å². The lowest BCUT2D eigenvalue weighted by Gasteiger charge is -2.05. The second-order valence-electron chi connectivity index (χ2n) is 4.36. The van der Waals surface area contributed by atoms with Crippen molar-refractivity contribution in [2.75, 3.05) is 5.32 Å². The van der Waals surface area contributed by atoms with Gasteiger partial charge in [0.05, 0.1) is 11.4 Å². The molecule has 1 unspecified atom stereocenters. The molecular formula is C13H11BrN2O2S. The normalized spacial score (nSPS) is 17.2. The summed E-state index contributed by atoms with van der Waals surface area (Å²) >= 11 is 5.01. The summed E-state index contributed by atoms with van der Waals surface area (Å²) in [6.07, 6.45) is 1.47. The molecule has 1 aromatic carbocycles. The molecule has 0 bridgehead atoms. The maximum absolute atomic E-state index is 11.1. The Hall–Kier alpha value is -1.40. The third kappa shape index (κ3) is 2.37. The molecule has 2 aromatic rings. The van der Waals surface area contributed by atoms with Crippen molar-refractivity contribution in [2.45, 2.75) is 18.8 Å². The Morgan fingerprint density at radius 3 is 3.00 bits per heavy atom. The minimum atomic E-state index is -0.781. The van der Waals surface area contributed by atoms with Crippen LogP contribution >= 0.6 is 27.3 Å². The van der Waals surface area contributed by atoms with E-state index in [1.165, 1.54) is 0 Å². The number of para-hydroxylation sites is 1. The van der Waals surface area contributed by atoms with Gasteiger partial charge in [-0.15, -0.1) is 11.3 Å². The van der Waals surface area contributed by atoms with Gasteiger partial charge in [-0.05, 0) is 40.9 Å². The molecule has 0 radical (unpaired) electrons. The van der Waals surface area contributed by atoms with Gasteiger partial charge in [0.2, 0.25) is 0 Å². The molecule has 0 amide bonds. The van der Waals surface area contributed by atoms with Crippen molar-refractivity contribution in [3.05, 3.63) is 39.3 Å². The summed E-state index contributed by atoms with van der Waals surface area (Å²) in [7, 11) is 0. The number of hydrogen-bond acceptors (Lipinski definition) is 4. The maximum Gasteiger partial charge on any atom is 0.312 e. The topological polar surface area (TPSA) is 62.2 Å². The summed E-state index contributed by atoms with van der Waals surface area (Å²) in [6, 6.07) is 7.78. The second kappa shape index (κ2) is 4.94. The van der Waals surface area contributed by atoms with Crippen LogP contribution in [0, 0.1) is 0 Å². The lowest BCUT2D eigenvalue weighted by Crippen LogP contribution is -2.08. The van der Waals surface area contributed by atoms with Gasteiger partial charge in [-0.2, -0.15) is 0 Å². The number of aryl methyl sites for hydroxylation is 1. The van der Waals surface area contributed by atoms with Crippen molar-refractivity contribution in [1.82, 2.24) is 4.98 Å². The highest BCUT2D eigenvalue weighted by molar-refractivity contribution is 9.10. The average Bonchev–Trinajstić information content (AvgIpc) is 2.91. The van der Waals surface area contributed by atoms with Crippen LogP contribution in [0.2, 0.25) is 0 Å². The molecule has 1 heterocycles. The van der Waals surface area contributed by atoms with E-state index in [0.717, 1.165) is 32.3 Å². The van der Waals surface area contributed by atoms with Gasteiger partial charge >= 0.3 is 5.97 Å². The fourth-order valence-electron chi connectivity index (χ4n) is 2.20. The number of aliphatic carboxylic acids is 1. The number of nitrogens with zero attached hydrogens (tertiary/aromatic N) is 1. The first-order chi connectivity index (χ1) is 9.15. The number of halogens is 1. The van der Waals surface area contributed by atoms with E-state index in [0.29, 0.717) is 6.42 Å². The molecule has 98 valence electrons. The number of hydrogen-bond donors (Lipinski definition) is 2. The highest BCUT2D eigenvalue weighted by Gasteiger charge is 2.32. The third-order valence-electron chi connectivity index (χ3n) is 3.13. The fourth-order valence-corrected chi connectivity index (χ4v) is 3.63. The molecule has 0 aliphatic heterocycles. The Bertz CT molecular complexity index is 641. The Morgan fingerprint density at radius 2 is 2.26 bits per heavy atom. The van der Waals surface area contributed by atoms with Crippen LogP contribution in [0.4, 0.5) is 10.8 Å². The summed E-state index contributed by atoms with van der Waals surface area (Å²) in [5, 5.41) is 13.1. The van der Waals surface area contributed by atoms with E-state index in [1.54, 1.807) is 11.3 Å². The zero-order valence-electron chi connectivity index (χ0n) is 9.89. The third-order valence-corrected chi connectivity index (χ3v) is 4.87. The summed E-state index contributed by atoms with van der Waals surface area (Å²) in [6.45, 7) is 0. The van der Waals surface area contributed by atoms with E-state index in [9.17, 15) is 4.79 Å². The Labute approximate surface area is 122 Å². The first-order valence-corrected chi connectivity index (χ1v) is 7.50. The van der Waals surface area contributed by atoms with Gasteiger partial charge in [-0.3, -0.25) is 4.79 Å². The minimum absolute atomic E-state index is 0.444. The van der Waals surface area contributed by atoms with Crippen LogP contribution in [0.5, 0.6) is 0 Å². The lowest BCUT2D eigenvalue weighted by molar-refractivity contribution is -0.138. The van der Waals surface area contributed by atoms with Gasteiger partial charge in [0.15, 0.2) is 5.13 Å². The highest BCUT2D eigenvalue weighted by atomic mass is 79.9. The number of rotatable bonds is 3. The number of carboxylic acids is 1. The van der Waals surface area contributed by atoms with E-state index >= 15 is 0 Å². The van der Waals surface area contributed by atoms with Gasteiger partial charge in [0.25, 0.3) is 0 Å². The standard InChI is InChI=1S/C13H11BrN2O2S/c14-8-3-1-2-4-9(8)15-13-16-11-7(12(17)18)5-6-10(11)19-13/h1-4,7H,5-6H2,(H,15,16)(H,17,18). The smallest absolute Gasteiger partial charge is 0.312 e. The molecule has 2 N–H and O–H groups in total. The molecule has 0 spiro atoms. The zero-order chi connectivity index (χ0) is 13.4. The quantitative estimate of drug-likeness (QED) is 0.894. The molecule has 4 nitrogen and oxygen atoms in total. The van der Waals surface area contributed by atoms with Crippen molar-refractivity contribution in [3.63, 3.8) is 0 Å². The number of anilines is 2. The van der Waals surface area contributed by atoms with Crippen LogP contribution in [0.25, 0.3) is 0 Å². The largest absolute Gasteiger partial charge is 0.481 e. The second-order valence-corrected chi connectivity index (χ2v) is 6.30. The molecule has 6 heteroatoms. The average molecular weight is 339 g/mol. The summed E-state index contributed by atoms with van der Waals surface area (Å²) < 4.78 is 0.958. The number of aromatic nitrogens is 1. The SMILES string of the molecule is O=C(O)C1CCc2sc(Nc3ccccc3Br)nc21. The Kier molecular flexibility index (Phi) is 3.28. The van der Waals surface area contributed by atoms with Crippen LogP contribution in [0.15, 0.2) is 28.7 Å². The van der Waals surface area contributed by atoms with Crippen LogP contribution < -0.4 is 5.32 Å². The molecule has 1 aromatic heterocycles.